The maximum atomic E-state index is 12.5. The van der Waals surface area contributed by atoms with Crippen LogP contribution < -0.4 is 4.90 Å². The number of urea groups is 1. The molecule has 142 valence electrons. The van der Waals surface area contributed by atoms with Gasteiger partial charge in [-0.2, -0.15) is 0 Å². The van der Waals surface area contributed by atoms with Gasteiger partial charge in [0.05, 0.1) is 12.3 Å². The molecule has 0 N–H and O–H groups in total. The van der Waals surface area contributed by atoms with E-state index in [4.69, 9.17) is 9.72 Å². The predicted octanol–water partition coefficient (Wildman–Crippen LogP) is 1.39. The highest BCUT2D eigenvalue weighted by molar-refractivity contribution is 6.04. The molecule has 3 rings (SSSR count). The molecule has 1 aromatic heterocycles. The fraction of sp³-hybridized carbons (Fsp3) is 0.667. The van der Waals surface area contributed by atoms with Crippen molar-refractivity contribution in [2.24, 2.45) is 0 Å². The van der Waals surface area contributed by atoms with Crippen LogP contribution in [0.2, 0.25) is 0 Å². The first-order valence-corrected chi connectivity index (χ1v) is 9.00. The van der Waals surface area contributed by atoms with Crippen molar-refractivity contribution in [3.63, 3.8) is 0 Å². The van der Waals surface area contributed by atoms with E-state index in [1.807, 2.05) is 13.0 Å². The maximum absolute atomic E-state index is 12.5. The number of hydrogen-bond acceptors (Lipinski definition) is 6. The third kappa shape index (κ3) is 3.25. The van der Waals surface area contributed by atoms with E-state index in [1.54, 1.807) is 12.0 Å². The number of rotatable bonds is 4. The number of piperazine rings is 1. The predicted molar refractivity (Wildman–Crippen MR) is 96.9 cm³/mol. The Morgan fingerprint density at radius 3 is 2.58 bits per heavy atom. The monoisotopic (exact) mass is 361 g/mol. The molecule has 8 nitrogen and oxygen atoms in total. The summed E-state index contributed by atoms with van der Waals surface area (Å²) in [6, 6.07) is 1.29. The van der Waals surface area contributed by atoms with Gasteiger partial charge in [0, 0.05) is 44.8 Å². The van der Waals surface area contributed by atoms with E-state index in [9.17, 15) is 9.59 Å². The summed E-state index contributed by atoms with van der Waals surface area (Å²) in [5, 5.41) is 0. The van der Waals surface area contributed by atoms with Crippen molar-refractivity contribution in [2.75, 3.05) is 38.2 Å². The molecule has 2 aliphatic rings. The van der Waals surface area contributed by atoms with Crippen LogP contribution in [0.15, 0.2) is 6.07 Å². The average Bonchev–Trinajstić information content (AvgIpc) is 2.84. The topological polar surface area (TPSA) is 78.9 Å². The summed E-state index contributed by atoms with van der Waals surface area (Å²) in [4.78, 5) is 39.3. The summed E-state index contributed by atoms with van der Waals surface area (Å²) in [7, 11) is 1.64. The van der Waals surface area contributed by atoms with E-state index in [0.717, 1.165) is 17.3 Å². The van der Waals surface area contributed by atoms with Crippen molar-refractivity contribution >= 4 is 17.8 Å². The smallest absolute Gasteiger partial charge is 0.327 e. The molecule has 3 amide bonds. The van der Waals surface area contributed by atoms with Gasteiger partial charge in [-0.25, -0.2) is 14.8 Å². The molecule has 1 atom stereocenters. The van der Waals surface area contributed by atoms with Gasteiger partial charge in [0.15, 0.2) is 0 Å². The summed E-state index contributed by atoms with van der Waals surface area (Å²) in [5.74, 6) is 1.41. The highest BCUT2D eigenvalue weighted by Crippen LogP contribution is 2.27. The van der Waals surface area contributed by atoms with Gasteiger partial charge in [-0.15, -0.1) is 0 Å². The Balaban J connectivity index is 1.89. The molecule has 2 fully saturated rings. The van der Waals surface area contributed by atoms with Crippen LogP contribution in [-0.2, 0) is 21.6 Å². The molecule has 26 heavy (non-hydrogen) atoms. The third-order valence-electron chi connectivity index (χ3n) is 4.78. The molecule has 8 heteroatoms. The minimum atomic E-state index is -0.435. The lowest BCUT2D eigenvalue weighted by Crippen LogP contribution is -2.53. The van der Waals surface area contributed by atoms with Crippen LogP contribution in [0.1, 0.15) is 39.2 Å². The van der Waals surface area contributed by atoms with Crippen molar-refractivity contribution < 1.29 is 14.3 Å². The number of likely N-dealkylation sites (N-methyl/N-ethyl adjacent to an activating group) is 1. The number of amides is 3. The lowest BCUT2D eigenvalue weighted by atomic mass is 9.95. The standard InChI is InChI=1S/C18H27N5O3/c1-6-22-15(24)13-10-21(7-8-23(13)17(22)25)14-9-12(11-26-5)19-16(20-14)18(2,3)4/h9,13H,6-8,10-11H2,1-5H3. The summed E-state index contributed by atoms with van der Waals surface area (Å²) in [5.41, 5.74) is 0.618. The number of nitrogens with zero attached hydrogens (tertiary/aromatic N) is 5. The van der Waals surface area contributed by atoms with Gasteiger partial charge in [-0.1, -0.05) is 20.8 Å². The van der Waals surface area contributed by atoms with Crippen LogP contribution in [0.25, 0.3) is 0 Å². The number of carbonyl (C=O) groups excluding carboxylic acids is 2. The molecule has 2 aliphatic heterocycles. The Morgan fingerprint density at radius 1 is 1.23 bits per heavy atom. The van der Waals surface area contributed by atoms with Gasteiger partial charge in [-0.3, -0.25) is 9.69 Å². The number of imide groups is 1. The zero-order chi connectivity index (χ0) is 19.1. The molecule has 0 spiro atoms. The summed E-state index contributed by atoms with van der Waals surface area (Å²) in [6.45, 7) is 10.4. The van der Waals surface area contributed by atoms with Gasteiger partial charge in [0.25, 0.3) is 5.91 Å². The van der Waals surface area contributed by atoms with Gasteiger partial charge >= 0.3 is 6.03 Å². The Kier molecular flexibility index (Phi) is 4.88. The van der Waals surface area contributed by atoms with Crippen molar-refractivity contribution in [3.8, 4) is 0 Å². The van der Waals surface area contributed by atoms with Crippen LogP contribution in [0, 0.1) is 0 Å². The first-order valence-electron chi connectivity index (χ1n) is 9.00. The number of carbonyl (C=O) groups is 2. The van der Waals surface area contributed by atoms with Crippen LogP contribution in [0.4, 0.5) is 10.6 Å². The van der Waals surface area contributed by atoms with Gasteiger partial charge < -0.3 is 14.5 Å². The number of hydrogen-bond donors (Lipinski definition) is 0. The second kappa shape index (κ2) is 6.83. The van der Waals surface area contributed by atoms with E-state index < -0.39 is 6.04 Å². The molecule has 0 aliphatic carbocycles. The van der Waals surface area contributed by atoms with E-state index in [2.05, 4.69) is 30.7 Å². The fourth-order valence-corrected chi connectivity index (χ4v) is 3.35. The first kappa shape index (κ1) is 18.6. The minimum Gasteiger partial charge on any atom is -0.378 e. The van der Waals surface area contributed by atoms with E-state index in [-0.39, 0.29) is 17.4 Å². The van der Waals surface area contributed by atoms with Crippen molar-refractivity contribution in [2.45, 2.75) is 45.8 Å². The quantitative estimate of drug-likeness (QED) is 0.754. The second-order valence-corrected chi connectivity index (χ2v) is 7.74. The van der Waals surface area contributed by atoms with Crippen LogP contribution in [0.5, 0.6) is 0 Å². The maximum Gasteiger partial charge on any atom is 0.327 e. The molecular formula is C18H27N5O3. The second-order valence-electron chi connectivity index (χ2n) is 7.74. The van der Waals surface area contributed by atoms with E-state index in [0.29, 0.717) is 32.8 Å². The number of aromatic nitrogens is 2. The molecule has 0 saturated carbocycles. The lowest BCUT2D eigenvalue weighted by molar-refractivity contribution is -0.128. The average molecular weight is 361 g/mol. The zero-order valence-corrected chi connectivity index (χ0v) is 16.2. The van der Waals surface area contributed by atoms with Gasteiger partial charge in [-0.05, 0) is 6.92 Å². The Labute approximate surface area is 154 Å². The molecule has 1 aromatic rings. The Morgan fingerprint density at radius 2 is 1.96 bits per heavy atom. The normalized spacial score (nSPS) is 20.8. The Bertz CT molecular complexity index is 715. The molecule has 0 bridgehead atoms. The number of anilines is 1. The van der Waals surface area contributed by atoms with Crippen LogP contribution >= 0.6 is 0 Å². The first-order chi connectivity index (χ1) is 12.3. The fourth-order valence-electron chi connectivity index (χ4n) is 3.35. The van der Waals surface area contributed by atoms with Crippen LogP contribution in [0.3, 0.4) is 0 Å². The van der Waals surface area contributed by atoms with E-state index >= 15 is 0 Å². The molecule has 1 unspecified atom stereocenters. The Hall–Kier alpha value is -2.22. The number of fused-ring (bicyclic) bond motifs is 1. The highest BCUT2D eigenvalue weighted by Gasteiger charge is 2.47. The SMILES string of the molecule is CCN1C(=O)C2CN(c3cc(COC)nc(C(C)(C)C)n3)CCN2C1=O. The largest absolute Gasteiger partial charge is 0.378 e. The molecule has 0 aromatic carbocycles. The lowest BCUT2D eigenvalue weighted by Gasteiger charge is -2.36. The zero-order valence-electron chi connectivity index (χ0n) is 16.2. The molecule has 0 radical (unpaired) electrons. The number of ether oxygens (including phenoxy) is 1. The molecular weight excluding hydrogens is 334 g/mol. The highest BCUT2D eigenvalue weighted by atomic mass is 16.5. The van der Waals surface area contributed by atoms with Crippen molar-refractivity contribution in [1.82, 2.24) is 19.8 Å². The summed E-state index contributed by atoms with van der Waals surface area (Å²) < 4.78 is 5.24. The molecule has 2 saturated heterocycles. The van der Waals surface area contributed by atoms with Crippen LogP contribution in [-0.4, -0.2) is 71.0 Å². The number of methoxy groups -OCH3 is 1. The summed E-state index contributed by atoms with van der Waals surface area (Å²) in [6.07, 6.45) is 0. The van der Waals surface area contributed by atoms with Crippen molar-refractivity contribution in [3.05, 3.63) is 17.6 Å². The summed E-state index contributed by atoms with van der Waals surface area (Å²) >= 11 is 0. The molecule has 3 heterocycles. The minimum absolute atomic E-state index is 0.121. The van der Waals surface area contributed by atoms with Crippen molar-refractivity contribution in [1.29, 1.82) is 0 Å². The van der Waals surface area contributed by atoms with Gasteiger partial charge in [0.2, 0.25) is 0 Å². The van der Waals surface area contributed by atoms with E-state index in [1.165, 1.54) is 4.90 Å². The third-order valence-corrected chi connectivity index (χ3v) is 4.78. The van der Waals surface area contributed by atoms with Gasteiger partial charge in [0.1, 0.15) is 17.7 Å².